The van der Waals surface area contributed by atoms with Crippen molar-refractivity contribution in [1.29, 1.82) is 0 Å². The Morgan fingerprint density at radius 1 is 1.35 bits per heavy atom. The summed E-state index contributed by atoms with van der Waals surface area (Å²) in [7, 11) is 0. The lowest BCUT2D eigenvalue weighted by Gasteiger charge is -2.28. The fourth-order valence-electron chi connectivity index (χ4n) is 1.64. The highest BCUT2D eigenvalue weighted by Gasteiger charge is 2.31. The van der Waals surface area contributed by atoms with E-state index in [4.69, 9.17) is 5.11 Å². The first-order valence-corrected chi connectivity index (χ1v) is 5.46. The van der Waals surface area contributed by atoms with Crippen molar-refractivity contribution in [3.63, 3.8) is 0 Å². The zero-order chi connectivity index (χ0) is 13.2. The quantitative estimate of drug-likeness (QED) is 0.852. The zero-order valence-corrected chi connectivity index (χ0v) is 10.5. The summed E-state index contributed by atoms with van der Waals surface area (Å²) in [6.45, 7) is 7.24. The summed E-state index contributed by atoms with van der Waals surface area (Å²) in [5.41, 5.74) is 0.793. The number of hydrogen-bond acceptors (Lipinski definition) is 2. The third kappa shape index (κ3) is 3.73. The Morgan fingerprint density at radius 3 is 2.35 bits per heavy atom. The van der Waals surface area contributed by atoms with Gasteiger partial charge in [0.25, 0.3) is 0 Å². The lowest BCUT2D eigenvalue weighted by Crippen LogP contribution is -2.41. The van der Waals surface area contributed by atoms with Crippen molar-refractivity contribution < 1.29 is 14.3 Å². The van der Waals surface area contributed by atoms with Gasteiger partial charge in [0.15, 0.2) is 0 Å². The van der Waals surface area contributed by atoms with Crippen LogP contribution in [-0.2, 0) is 4.79 Å². The molecule has 0 spiro atoms. The van der Waals surface area contributed by atoms with Gasteiger partial charge >= 0.3 is 5.97 Å². The molecule has 3 nitrogen and oxygen atoms in total. The second-order valence-corrected chi connectivity index (χ2v) is 5.30. The molecule has 1 rings (SSSR count). The maximum absolute atomic E-state index is 13.2. The number of aryl methyl sites for hydroxylation is 1. The Bertz CT molecular complexity index is 404. The van der Waals surface area contributed by atoms with Crippen molar-refractivity contribution in [2.75, 3.05) is 5.32 Å². The van der Waals surface area contributed by atoms with Crippen LogP contribution in [0.25, 0.3) is 0 Å². The first kappa shape index (κ1) is 13.5. The molecule has 0 aromatic heterocycles. The molecule has 94 valence electrons. The molecule has 0 bridgehead atoms. The number of benzene rings is 1. The second kappa shape index (κ2) is 4.73. The standard InChI is InChI=1S/C13H18FNO2/c1-8-5-9(14)7-10(6-8)15-11(12(16)17)13(2,3)4/h5-7,11,15H,1-4H3,(H,16,17). The highest BCUT2D eigenvalue weighted by atomic mass is 19.1. The average molecular weight is 239 g/mol. The lowest BCUT2D eigenvalue weighted by molar-refractivity contribution is -0.140. The molecule has 4 heteroatoms. The van der Waals surface area contributed by atoms with Crippen LogP contribution in [0.15, 0.2) is 18.2 Å². The highest BCUT2D eigenvalue weighted by Crippen LogP contribution is 2.24. The summed E-state index contributed by atoms with van der Waals surface area (Å²) < 4.78 is 13.2. The van der Waals surface area contributed by atoms with Crippen LogP contribution >= 0.6 is 0 Å². The molecule has 17 heavy (non-hydrogen) atoms. The van der Waals surface area contributed by atoms with Gasteiger partial charge in [-0.1, -0.05) is 20.8 Å². The summed E-state index contributed by atoms with van der Waals surface area (Å²) in [4.78, 5) is 11.2. The molecule has 1 aromatic rings. The van der Waals surface area contributed by atoms with Gasteiger partial charge in [-0.2, -0.15) is 0 Å². The minimum atomic E-state index is -0.945. The fraction of sp³-hybridized carbons (Fsp3) is 0.462. The van der Waals surface area contributed by atoms with Crippen molar-refractivity contribution in [3.8, 4) is 0 Å². The van der Waals surface area contributed by atoms with E-state index in [0.29, 0.717) is 5.69 Å². The van der Waals surface area contributed by atoms with Crippen LogP contribution in [0, 0.1) is 18.2 Å². The van der Waals surface area contributed by atoms with Crippen LogP contribution in [0.1, 0.15) is 26.3 Å². The molecule has 2 N–H and O–H groups in total. The van der Waals surface area contributed by atoms with Crippen LogP contribution < -0.4 is 5.32 Å². The number of rotatable bonds is 3. The number of halogens is 1. The molecule has 0 aliphatic carbocycles. The van der Waals surface area contributed by atoms with Gasteiger partial charge in [0.05, 0.1) is 0 Å². The number of carbonyl (C=O) groups is 1. The molecule has 0 radical (unpaired) electrons. The minimum absolute atomic E-state index is 0.370. The van der Waals surface area contributed by atoms with Gasteiger partial charge in [-0.05, 0) is 36.1 Å². The lowest BCUT2D eigenvalue weighted by atomic mass is 9.86. The summed E-state index contributed by atoms with van der Waals surface area (Å²) in [5.74, 6) is -1.31. The van der Waals surface area contributed by atoms with Crippen LogP contribution in [-0.4, -0.2) is 17.1 Å². The fourth-order valence-corrected chi connectivity index (χ4v) is 1.64. The molecule has 0 aliphatic rings. The minimum Gasteiger partial charge on any atom is -0.480 e. The first-order chi connectivity index (χ1) is 7.70. The predicted octanol–water partition coefficient (Wildman–Crippen LogP) is 3.05. The summed E-state index contributed by atoms with van der Waals surface area (Å²) in [6, 6.07) is 3.67. The van der Waals surface area contributed by atoms with E-state index >= 15 is 0 Å². The maximum Gasteiger partial charge on any atom is 0.326 e. The number of carboxylic acids is 1. The molecule has 0 saturated heterocycles. The number of aliphatic carboxylic acids is 1. The maximum atomic E-state index is 13.2. The van der Waals surface area contributed by atoms with Crippen molar-refractivity contribution >= 4 is 11.7 Å². The van der Waals surface area contributed by atoms with Gasteiger partial charge in [-0.25, -0.2) is 9.18 Å². The van der Waals surface area contributed by atoms with E-state index in [1.54, 1.807) is 13.0 Å². The largest absolute Gasteiger partial charge is 0.480 e. The van der Waals surface area contributed by atoms with E-state index < -0.39 is 17.4 Å². The van der Waals surface area contributed by atoms with Crippen LogP contribution in [0.2, 0.25) is 0 Å². The SMILES string of the molecule is Cc1cc(F)cc(NC(C(=O)O)C(C)(C)C)c1. The number of nitrogens with one attached hydrogen (secondary N) is 1. The Labute approximate surface area is 101 Å². The topological polar surface area (TPSA) is 49.3 Å². The Hall–Kier alpha value is -1.58. The van der Waals surface area contributed by atoms with Crippen LogP contribution in [0.3, 0.4) is 0 Å². The Morgan fingerprint density at radius 2 is 1.94 bits per heavy atom. The van der Waals surface area contributed by atoms with Gasteiger partial charge < -0.3 is 10.4 Å². The molecule has 0 heterocycles. The van der Waals surface area contributed by atoms with Crippen LogP contribution in [0.5, 0.6) is 0 Å². The van der Waals surface area contributed by atoms with E-state index in [9.17, 15) is 9.18 Å². The summed E-state index contributed by atoms with van der Waals surface area (Å²) in [6.07, 6.45) is 0. The highest BCUT2D eigenvalue weighted by molar-refractivity contribution is 5.78. The van der Waals surface area contributed by atoms with Gasteiger partial charge in [-0.3, -0.25) is 0 Å². The Balaban J connectivity index is 2.98. The van der Waals surface area contributed by atoms with Gasteiger partial charge in [0.2, 0.25) is 0 Å². The van der Waals surface area contributed by atoms with Gasteiger partial charge in [-0.15, -0.1) is 0 Å². The smallest absolute Gasteiger partial charge is 0.326 e. The molecule has 0 aliphatic heterocycles. The normalized spacial score (nSPS) is 13.2. The first-order valence-electron chi connectivity index (χ1n) is 5.46. The van der Waals surface area contributed by atoms with Gasteiger partial charge in [0, 0.05) is 5.69 Å². The van der Waals surface area contributed by atoms with Crippen molar-refractivity contribution in [2.24, 2.45) is 5.41 Å². The van der Waals surface area contributed by atoms with E-state index in [1.807, 2.05) is 20.8 Å². The van der Waals surface area contributed by atoms with E-state index in [1.165, 1.54) is 12.1 Å². The molecular weight excluding hydrogens is 221 g/mol. The average Bonchev–Trinajstić information content (AvgIpc) is 2.10. The molecule has 0 fully saturated rings. The number of hydrogen-bond donors (Lipinski definition) is 2. The monoisotopic (exact) mass is 239 g/mol. The number of carboxylic acid groups (broad SMARTS) is 1. The molecule has 0 saturated carbocycles. The van der Waals surface area contributed by atoms with E-state index in [-0.39, 0.29) is 5.82 Å². The third-order valence-electron chi connectivity index (χ3n) is 2.47. The zero-order valence-electron chi connectivity index (χ0n) is 10.5. The summed E-state index contributed by atoms with van der Waals surface area (Å²) in [5, 5.41) is 12.0. The summed E-state index contributed by atoms with van der Waals surface area (Å²) >= 11 is 0. The van der Waals surface area contributed by atoms with Crippen LogP contribution in [0.4, 0.5) is 10.1 Å². The molecule has 1 unspecified atom stereocenters. The molecule has 0 amide bonds. The van der Waals surface area contributed by atoms with Crippen molar-refractivity contribution in [1.82, 2.24) is 0 Å². The van der Waals surface area contributed by atoms with E-state index in [2.05, 4.69) is 5.32 Å². The van der Waals surface area contributed by atoms with Gasteiger partial charge in [0.1, 0.15) is 11.9 Å². The van der Waals surface area contributed by atoms with E-state index in [0.717, 1.165) is 5.56 Å². The van der Waals surface area contributed by atoms with Crippen molar-refractivity contribution in [3.05, 3.63) is 29.6 Å². The Kier molecular flexibility index (Phi) is 3.76. The number of anilines is 1. The third-order valence-corrected chi connectivity index (χ3v) is 2.47. The molecular formula is C13H18FNO2. The molecule has 1 atom stereocenters. The molecule has 1 aromatic carbocycles. The second-order valence-electron chi connectivity index (χ2n) is 5.30. The van der Waals surface area contributed by atoms with Crippen molar-refractivity contribution in [2.45, 2.75) is 33.7 Å². The predicted molar refractivity (Wildman–Crippen MR) is 65.6 cm³/mol.